The van der Waals surface area contributed by atoms with Gasteiger partial charge in [-0.05, 0) is 16.0 Å². The first kappa shape index (κ1) is 8.41. The Morgan fingerprint density at radius 2 is 2.33 bits per heavy atom. The van der Waals surface area contributed by atoms with Crippen LogP contribution in [0.5, 0.6) is 5.75 Å². The maximum absolute atomic E-state index is 10.2. The number of nitro groups is 1. The molecule has 0 atom stereocenters. The van der Waals surface area contributed by atoms with Crippen LogP contribution < -0.4 is 0 Å². The van der Waals surface area contributed by atoms with E-state index in [9.17, 15) is 10.1 Å². The van der Waals surface area contributed by atoms with Crippen molar-refractivity contribution in [2.45, 2.75) is 6.61 Å². The van der Waals surface area contributed by atoms with Crippen molar-refractivity contribution in [1.29, 1.82) is 0 Å². The maximum Gasteiger partial charge on any atom is 0.406 e. The van der Waals surface area contributed by atoms with Gasteiger partial charge >= 0.3 is 5.82 Å². The predicted molar refractivity (Wildman–Crippen MR) is 38.5 cm³/mol. The zero-order valence-electron chi connectivity index (χ0n) is 5.97. The summed E-state index contributed by atoms with van der Waals surface area (Å²) in [6.45, 7) is -0.449. The molecule has 12 heavy (non-hydrogen) atoms. The molecule has 0 aliphatic carbocycles. The van der Waals surface area contributed by atoms with Gasteiger partial charge in [-0.3, -0.25) is 0 Å². The third kappa shape index (κ3) is 1.32. The number of aliphatic hydroxyl groups is 1. The molecule has 0 bridgehead atoms. The number of aromatic nitrogens is 1. The van der Waals surface area contributed by atoms with Gasteiger partial charge in [0, 0.05) is 5.56 Å². The molecule has 6 heteroatoms. The van der Waals surface area contributed by atoms with Crippen LogP contribution in [0.2, 0.25) is 0 Å². The zero-order valence-corrected chi connectivity index (χ0v) is 5.97. The maximum atomic E-state index is 10.2. The van der Waals surface area contributed by atoms with Crippen molar-refractivity contribution >= 4 is 5.82 Å². The van der Waals surface area contributed by atoms with Crippen LogP contribution >= 0.6 is 0 Å². The van der Waals surface area contributed by atoms with E-state index in [0.717, 1.165) is 6.20 Å². The molecule has 1 aromatic rings. The van der Waals surface area contributed by atoms with Crippen LogP contribution in [-0.2, 0) is 6.61 Å². The van der Waals surface area contributed by atoms with Crippen LogP contribution in [-0.4, -0.2) is 20.1 Å². The van der Waals surface area contributed by atoms with E-state index in [-0.39, 0.29) is 5.56 Å². The average molecular weight is 170 g/mol. The van der Waals surface area contributed by atoms with E-state index in [0.29, 0.717) is 0 Å². The summed E-state index contributed by atoms with van der Waals surface area (Å²) in [5, 5.41) is 27.9. The molecular weight excluding hydrogens is 164 g/mol. The fourth-order valence-electron chi connectivity index (χ4n) is 0.743. The number of hydrogen-bond donors (Lipinski definition) is 2. The quantitative estimate of drug-likeness (QED) is 0.487. The summed E-state index contributed by atoms with van der Waals surface area (Å²) in [4.78, 5) is 12.7. The van der Waals surface area contributed by atoms with Gasteiger partial charge in [-0.15, -0.1) is 0 Å². The van der Waals surface area contributed by atoms with E-state index in [1.165, 1.54) is 6.07 Å². The van der Waals surface area contributed by atoms with E-state index < -0.39 is 23.1 Å². The summed E-state index contributed by atoms with van der Waals surface area (Å²) in [6.07, 6.45) is 1.16. The monoisotopic (exact) mass is 170 g/mol. The van der Waals surface area contributed by atoms with E-state index in [2.05, 4.69) is 4.98 Å². The second kappa shape index (κ2) is 3.14. The Kier molecular flexibility index (Phi) is 2.20. The molecule has 64 valence electrons. The van der Waals surface area contributed by atoms with Gasteiger partial charge in [-0.2, -0.15) is 0 Å². The summed E-state index contributed by atoms with van der Waals surface area (Å²) >= 11 is 0. The van der Waals surface area contributed by atoms with Gasteiger partial charge in [0.2, 0.25) is 5.75 Å². The lowest BCUT2D eigenvalue weighted by molar-refractivity contribution is -0.390. The smallest absolute Gasteiger partial charge is 0.406 e. The van der Waals surface area contributed by atoms with Gasteiger partial charge in [0.05, 0.1) is 6.61 Å². The van der Waals surface area contributed by atoms with Crippen LogP contribution in [0.25, 0.3) is 0 Å². The van der Waals surface area contributed by atoms with Crippen molar-refractivity contribution in [2.24, 2.45) is 0 Å². The molecule has 2 N–H and O–H groups in total. The molecule has 1 aromatic heterocycles. The molecular formula is C6H6N2O4. The largest absolute Gasteiger partial charge is 0.501 e. The lowest BCUT2D eigenvalue weighted by Gasteiger charge is -1.98. The Morgan fingerprint density at radius 1 is 1.67 bits per heavy atom. The van der Waals surface area contributed by atoms with Gasteiger partial charge in [-0.1, -0.05) is 0 Å². The van der Waals surface area contributed by atoms with Crippen LogP contribution in [0.1, 0.15) is 5.56 Å². The van der Waals surface area contributed by atoms with E-state index in [1.807, 2.05) is 0 Å². The van der Waals surface area contributed by atoms with Crippen molar-refractivity contribution in [2.75, 3.05) is 0 Å². The van der Waals surface area contributed by atoms with Gasteiger partial charge in [-0.25, -0.2) is 0 Å². The molecule has 6 nitrogen and oxygen atoms in total. The SMILES string of the molecule is O=[N+]([O-])c1nccc(CO)c1O. The summed E-state index contributed by atoms with van der Waals surface area (Å²) in [5.74, 6) is -1.22. The normalized spacial score (nSPS) is 9.75. The number of pyridine rings is 1. The average Bonchev–Trinajstić information content (AvgIpc) is 2.04. The Morgan fingerprint density at radius 3 is 2.83 bits per heavy atom. The van der Waals surface area contributed by atoms with Crippen LogP contribution in [0, 0.1) is 10.1 Å². The Labute approximate surface area is 67.3 Å². The Bertz CT molecular complexity index is 312. The van der Waals surface area contributed by atoms with Crippen molar-refractivity contribution in [3.8, 4) is 5.75 Å². The molecule has 1 rings (SSSR count). The second-order valence-electron chi connectivity index (χ2n) is 2.06. The standard InChI is InChI=1S/C6H6N2O4/c9-3-4-1-2-7-6(5(4)10)8(11)12/h1-2,9-10H,3H2. The fraction of sp³-hybridized carbons (Fsp3) is 0.167. The van der Waals surface area contributed by atoms with Crippen LogP contribution in [0.4, 0.5) is 5.82 Å². The Hall–Kier alpha value is -1.69. The van der Waals surface area contributed by atoms with Gasteiger partial charge < -0.3 is 20.3 Å². The molecule has 0 fully saturated rings. The van der Waals surface area contributed by atoms with Crippen molar-refractivity contribution in [1.82, 2.24) is 4.98 Å². The van der Waals surface area contributed by atoms with Gasteiger partial charge in [0.25, 0.3) is 0 Å². The third-order valence-electron chi connectivity index (χ3n) is 1.33. The molecule has 0 spiro atoms. The molecule has 1 heterocycles. The molecule has 0 radical (unpaired) electrons. The van der Waals surface area contributed by atoms with Crippen molar-refractivity contribution in [3.05, 3.63) is 27.9 Å². The predicted octanol–water partition coefficient (Wildman–Crippen LogP) is 0.188. The highest BCUT2D eigenvalue weighted by Gasteiger charge is 2.17. The highest BCUT2D eigenvalue weighted by molar-refractivity contribution is 5.44. The highest BCUT2D eigenvalue weighted by atomic mass is 16.6. The van der Waals surface area contributed by atoms with E-state index in [1.54, 1.807) is 0 Å². The minimum Gasteiger partial charge on any atom is -0.501 e. The lowest BCUT2D eigenvalue weighted by Crippen LogP contribution is -1.95. The zero-order chi connectivity index (χ0) is 9.14. The molecule has 0 unspecified atom stereocenters. The molecule has 0 saturated carbocycles. The minimum atomic E-state index is -0.811. The summed E-state index contributed by atoms with van der Waals surface area (Å²) in [5.41, 5.74) is 0.0942. The lowest BCUT2D eigenvalue weighted by atomic mass is 10.2. The topological polar surface area (TPSA) is 96.5 Å². The summed E-state index contributed by atoms with van der Waals surface area (Å²) < 4.78 is 0. The summed E-state index contributed by atoms with van der Waals surface area (Å²) in [6, 6.07) is 1.31. The van der Waals surface area contributed by atoms with Gasteiger partial charge in [0.15, 0.2) is 0 Å². The number of rotatable bonds is 2. The van der Waals surface area contributed by atoms with Crippen molar-refractivity contribution < 1.29 is 15.1 Å². The number of nitrogens with zero attached hydrogens (tertiary/aromatic N) is 2. The molecule has 0 aliphatic heterocycles. The fourth-order valence-corrected chi connectivity index (χ4v) is 0.743. The van der Waals surface area contributed by atoms with Crippen molar-refractivity contribution in [3.63, 3.8) is 0 Å². The molecule has 0 aromatic carbocycles. The molecule has 0 amide bonds. The number of aromatic hydroxyl groups is 1. The molecule has 0 aliphatic rings. The Balaban J connectivity index is 3.23. The van der Waals surface area contributed by atoms with Crippen LogP contribution in [0.15, 0.2) is 12.3 Å². The summed E-state index contributed by atoms with van der Waals surface area (Å²) in [7, 11) is 0. The first-order chi connectivity index (χ1) is 5.66. The number of hydrogen-bond acceptors (Lipinski definition) is 5. The first-order valence-electron chi connectivity index (χ1n) is 3.09. The van der Waals surface area contributed by atoms with E-state index >= 15 is 0 Å². The third-order valence-corrected chi connectivity index (χ3v) is 1.33. The van der Waals surface area contributed by atoms with Crippen LogP contribution in [0.3, 0.4) is 0 Å². The van der Waals surface area contributed by atoms with Gasteiger partial charge in [0.1, 0.15) is 6.20 Å². The first-order valence-corrected chi connectivity index (χ1v) is 3.09. The molecule has 0 saturated heterocycles. The highest BCUT2D eigenvalue weighted by Crippen LogP contribution is 2.26. The minimum absolute atomic E-state index is 0.0942. The van der Waals surface area contributed by atoms with E-state index in [4.69, 9.17) is 10.2 Å². The number of aliphatic hydroxyl groups excluding tert-OH is 1. The second-order valence-corrected chi connectivity index (χ2v) is 2.06.